The highest BCUT2D eigenvalue weighted by atomic mass is 15.4. The SMILES string of the molecule is CCCCCCCN1C=CN(CCCCCCC)C1CC. The third-order valence-electron chi connectivity index (χ3n) is 4.62. The third-order valence-corrected chi connectivity index (χ3v) is 4.62. The van der Waals surface area contributed by atoms with Crippen LogP contribution in [-0.4, -0.2) is 29.1 Å². The molecular weight excluding hydrogens is 256 g/mol. The monoisotopic (exact) mass is 294 g/mol. The molecule has 1 rings (SSSR count). The quantitative estimate of drug-likeness (QED) is 0.399. The fraction of sp³-hybridized carbons (Fsp3) is 0.895. The van der Waals surface area contributed by atoms with E-state index in [9.17, 15) is 0 Å². The average Bonchev–Trinajstić information content (AvgIpc) is 2.89. The van der Waals surface area contributed by atoms with Crippen molar-refractivity contribution in [2.45, 2.75) is 97.6 Å². The minimum absolute atomic E-state index is 0.627. The highest BCUT2D eigenvalue weighted by Gasteiger charge is 2.23. The van der Waals surface area contributed by atoms with E-state index in [1.54, 1.807) is 0 Å². The molecule has 124 valence electrons. The van der Waals surface area contributed by atoms with Gasteiger partial charge in [-0.1, -0.05) is 72.1 Å². The second-order valence-corrected chi connectivity index (χ2v) is 6.49. The standard InChI is InChI=1S/C19H38N2/c1-4-7-9-11-13-15-20-17-18-21(19(20)6-3)16-14-12-10-8-5-2/h17-19H,4-16H2,1-3H3. The number of hydrogen-bond acceptors (Lipinski definition) is 2. The molecule has 0 fully saturated rings. The van der Waals surface area contributed by atoms with Gasteiger partial charge in [0.2, 0.25) is 0 Å². The maximum Gasteiger partial charge on any atom is 0.100 e. The molecular formula is C19H38N2. The predicted octanol–water partition coefficient (Wildman–Crippen LogP) is 5.75. The van der Waals surface area contributed by atoms with E-state index < -0.39 is 0 Å². The molecule has 0 N–H and O–H groups in total. The Hall–Kier alpha value is -0.660. The lowest BCUT2D eigenvalue weighted by Crippen LogP contribution is -2.38. The lowest BCUT2D eigenvalue weighted by atomic mass is 10.1. The van der Waals surface area contributed by atoms with E-state index in [0.717, 1.165) is 0 Å². The minimum Gasteiger partial charge on any atom is -0.356 e. The van der Waals surface area contributed by atoms with Gasteiger partial charge in [-0.15, -0.1) is 0 Å². The number of hydrogen-bond donors (Lipinski definition) is 0. The molecule has 0 radical (unpaired) electrons. The van der Waals surface area contributed by atoms with Crippen LogP contribution in [0.3, 0.4) is 0 Å². The van der Waals surface area contributed by atoms with Gasteiger partial charge >= 0.3 is 0 Å². The Balaban J connectivity index is 2.17. The molecule has 0 aliphatic carbocycles. The smallest absolute Gasteiger partial charge is 0.100 e. The van der Waals surface area contributed by atoms with E-state index in [1.165, 1.54) is 83.7 Å². The van der Waals surface area contributed by atoms with Gasteiger partial charge in [-0.2, -0.15) is 0 Å². The van der Waals surface area contributed by atoms with Crippen LogP contribution in [0.15, 0.2) is 12.4 Å². The second-order valence-electron chi connectivity index (χ2n) is 6.49. The second kappa shape index (κ2) is 11.9. The first-order valence-corrected chi connectivity index (χ1v) is 9.53. The van der Waals surface area contributed by atoms with Crippen LogP contribution < -0.4 is 0 Å². The van der Waals surface area contributed by atoms with Gasteiger partial charge in [0.15, 0.2) is 0 Å². The van der Waals surface area contributed by atoms with Crippen LogP contribution in [0.4, 0.5) is 0 Å². The molecule has 0 saturated carbocycles. The number of nitrogens with zero attached hydrogens (tertiary/aromatic N) is 2. The van der Waals surface area contributed by atoms with Crippen LogP contribution in [0.5, 0.6) is 0 Å². The largest absolute Gasteiger partial charge is 0.356 e. The summed E-state index contributed by atoms with van der Waals surface area (Å²) in [6.45, 7) is 9.38. The topological polar surface area (TPSA) is 6.48 Å². The molecule has 21 heavy (non-hydrogen) atoms. The fourth-order valence-corrected chi connectivity index (χ4v) is 3.27. The summed E-state index contributed by atoms with van der Waals surface area (Å²) < 4.78 is 0. The molecule has 0 saturated heterocycles. The van der Waals surface area contributed by atoms with Gasteiger partial charge in [-0.25, -0.2) is 0 Å². The molecule has 2 heteroatoms. The van der Waals surface area contributed by atoms with Gasteiger partial charge < -0.3 is 9.80 Å². The Morgan fingerprint density at radius 3 is 1.43 bits per heavy atom. The number of unbranched alkanes of at least 4 members (excludes halogenated alkanes) is 8. The lowest BCUT2D eigenvalue weighted by Gasteiger charge is -2.32. The van der Waals surface area contributed by atoms with Gasteiger partial charge in [0.05, 0.1) is 0 Å². The van der Waals surface area contributed by atoms with Crippen molar-refractivity contribution in [2.75, 3.05) is 13.1 Å². The van der Waals surface area contributed by atoms with Crippen molar-refractivity contribution in [2.24, 2.45) is 0 Å². The van der Waals surface area contributed by atoms with E-state index in [0.29, 0.717) is 6.17 Å². The molecule has 0 unspecified atom stereocenters. The first-order chi connectivity index (χ1) is 10.3. The van der Waals surface area contributed by atoms with Gasteiger partial charge in [-0.3, -0.25) is 0 Å². The van der Waals surface area contributed by atoms with Crippen LogP contribution in [0, 0.1) is 0 Å². The van der Waals surface area contributed by atoms with Gasteiger partial charge in [0.1, 0.15) is 6.17 Å². The van der Waals surface area contributed by atoms with Crippen molar-refractivity contribution in [3.05, 3.63) is 12.4 Å². The van der Waals surface area contributed by atoms with E-state index in [4.69, 9.17) is 0 Å². The van der Waals surface area contributed by atoms with E-state index >= 15 is 0 Å². The summed E-state index contributed by atoms with van der Waals surface area (Å²) in [5.41, 5.74) is 0. The van der Waals surface area contributed by atoms with Crippen molar-refractivity contribution in [1.82, 2.24) is 9.80 Å². The Labute approximate surface area is 133 Å². The summed E-state index contributed by atoms with van der Waals surface area (Å²) in [5.74, 6) is 0. The third kappa shape index (κ3) is 7.24. The highest BCUT2D eigenvalue weighted by molar-refractivity contribution is 4.96. The van der Waals surface area contributed by atoms with Crippen LogP contribution in [0.2, 0.25) is 0 Å². The van der Waals surface area contributed by atoms with Gasteiger partial charge in [0.25, 0.3) is 0 Å². The molecule has 0 bridgehead atoms. The Kier molecular flexibility index (Phi) is 10.5. The zero-order valence-electron chi connectivity index (χ0n) is 14.8. The molecule has 0 aromatic rings. The summed E-state index contributed by atoms with van der Waals surface area (Å²) >= 11 is 0. The Morgan fingerprint density at radius 2 is 1.05 bits per heavy atom. The molecule has 1 aliphatic heterocycles. The molecule has 0 aromatic carbocycles. The fourth-order valence-electron chi connectivity index (χ4n) is 3.27. The molecule has 0 atom stereocenters. The maximum absolute atomic E-state index is 2.57. The Morgan fingerprint density at radius 1 is 0.619 bits per heavy atom. The Bertz CT molecular complexity index is 238. The van der Waals surface area contributed by atoms with E-state index in [2.05, 4.69) is 43.0 Å². The normalized spacial score (nSPS) is 15.4. The minimum atomic E-state index is 0.627. The first kappa shape index (κ1) is 18.4. The van der Waals surface area contributed by atoms with Crippen LogP contribution in [0.25, 0.3) is 0 Å². The summed E-state index contributed by atoms with van der Waals surface area (Å²) in [5, 5.41) is 0. The van der Waals surface area contributed by atoms with Crippen LogP contribution in [-0.2, 0) is 0 Å². The lowest BCUT2D eigenvalue weighted by molar-refractivity contribution is 0.144. The summed E-state index contributed by atoms with van der Waals surface area (Å²) in [6.07, 6.45) is 20.3. The first-order valence-electron chi connectivity index (χ1n) is 9.53. The van der Waals surface area contributed by atoms with Gasteiger partial charge in [-0.05, 0) is 19.3 Å². The molecule has 1 aliphatic rings. The predicted molar refractivity (Wildman–Crippen MR) is 94.1 cm³/mol. The average molecular weight is 295 g/mol. The number of rotatable bonds is 13. The summed E-state index contributed by atoms with van der Waals surface area (Å²) in [6, 6.07) is 0. The van der Waals surface area contributed by atoms with Crippen molar-refractivity contribution >= 4 is 0 Å². The van der Waals surface area contributed by atoms with E-state index in [1.807, 2.05) is 0 Å². The zero-order valence-corrected chi connectivity index (χ0v) is 14.8. The van der Waals surface area contributed by atoms with Gasteiger partial charge in [0, 0.05) is 25.5 Å². The zero-order chi connectivity index (χ0) is 15.3. The molecule has 0 amide bonds. The van der Waals surface area contributed by atoms with Crippen molar-refractivity contribution in [1.29, 1.82) is 0 Å². The maximum atomic E-state index is 2.57. The highest BCUT2D eigenvalue weighted by Crippen LogP contribution is 2.20. The molecule has 0 aromatic heterocycles. The van der Waals surface area contributed by atoms with E-state index in [-0.39, 0.29) is 0 Å². The van der Waals surface area contributed by atoms with Crippen molar-refractivity contribution in [3.63, 3.8) is 0 Å². The molecule has 2 nitrogen and oxygen atoms in total. The van der Waals surface area contributed by atoms with Crippen LogP contribution in [0.1, 0.15) is 91.4 Å². The molecule has 0 spiro atoms. The summed E-state index contributed by atoms with van der Waals surface area (Å²) in [4.78, 5) is 5.13. The van der Waals surface area contributed by atoms with Crippen molar-refractivity contribution in [3.8, 4) is 0 Å². The van der Waals surface area contributed by atoms with Crippen LogP contribution >= 0.6 is 0 Å². The molecule has 1 heterocycles. The van der Waals surface area contributed by atoms with Crippen molar-refractivity contribution < 1.29 is 0 Å². The summed E-state index contributed by atoms with van der Waals surface area (Å²) in [7, 11) is 0.